The Balaban J connectivity index is 1.62. The van der Waals surface area contributed by atoms with Crippen LogP contribution < -0.4 is 5.32 Å². The molecule has 1 N–H and O–H groups in total. The number of carbonyl (C=O) groups excluding carboxylic acids is 1. The third kappa shape index (κ3) is 6.06. The van der Waals surface area contributed by atoms with Gasteiger partial charge in [-0.2, -0.15) is 0 Å². The lowest BCUT2D eigenvalue weighted by molar-refractivity contribution is -0.121. The molecule has 0 aliphatic carbocycles. The highest BCUT2D eigenvalue weighted by Gasteiger charge is 2.06. The Kier molecular flexibility index (Phi) is 6.58. The number of carbonyl (C=O) groups is 1. The Morgan fingerprint density at radius 2 is 1.73 bits per heavy atom. The standard InChI is InChI=1S/C18H23N3O/c1-21(14-10-17-7-11-19-12-8-17)15-18(22)20-13-9-16-5-3-2-4-6-16/h2-8,11-12H,9-10,13-15H2,1H3,(H,20,22). The van der Waals surface area contributed by atoms with Crippen molar-refractivity contribution in [3.8, 4) is 0 Å². The third-order valence-electron chi connectivity index (χ3n) is 3.52. The monoisotopic (exact) mass is 297 g/mol. The molecule has 0 fully saturated rings. The van der Waals surface area contributed by atoms with E-state index < -0.39 is 0 Å². The maximum Gasteiger partial charge on any atom is 0.234 e. The summed E-state index contributed by atoms with van der Waals surface area (Å²) in [5, 5.41) is 2.97. The van der Waals surface area contributed by atoms with E-state index in [2.05, 4.69) is 22.4 Å². The van der Waals surface area contributed by atoms with Gasteiger partial charge in [0.15, 0.2) is 0 Å². The van der Waals surface area contributed by atoms with Gasteiger partial charge in [-0.25, -0.2) is 0 Å². The van der Waals surface area contributed by atoms with Crippen molar-refractivity contribution in [3.05, 3.63) is 66.0 Å². The zero-order valence-corrected chi connectivity index (χ0v) is 13.0. The van der Waals surface area contributed by atoms with Gasteiger partial charge in [-0.1, -0.05) is 30.3 Å². The minimum absolute atomic E-state index is 0.0770. The van der Waals surface area contributed by atoms with Gasteiger partial charge in [0.2, 0.25) is 5.91 Å². The summed E-state index contributed by atoms with van der Waals surface area (Å²) in [7, 11) is 1.97. The number of hydrogen-bond donors (Lipinski definition) is 1. The molecule has 2 rings (SSSR count). The summed E-state index contributed by atoms with van der Waals surface area (Å²) >= 11 is 0. The van der Waals surface area contributed by atoms with Crippen molar-refractivity contribution in [1.82, 2.24) is 15.2 Å². The fourth-order valence-corrected chi connectivity index (χ4v) is 2.24. The molecule has 0 atom stereocenters. The molecule has 1 heterocycles. The molecule has 0 unspecified atom stereocenters. The van der Waals surface area contributed by atoms with Gasteiger partial charge < -0.3 is 5.32 Å². The molecule has 0 saturated carbocycles. The van der Waals surface area contributed by atoms with E-state index in [-0.39, 0.29) is 5.91 Å². The van der Waals surface area contributed by atoms with E-state index in [0.717, 1.165) is 19.4 Å². The summed E-state index contributed by atoms with van der Waals surface area (Å²) in [6.45, 7) is 1.97. The number of hydrogen-bond acceptors (Lipinski definition) is 3. The molecule has 0 bridgehead atoms. The van der Waals surface area contributed by atoms with Gasteiger partial charge in [0.1, 0.15) is 0 Å². The predicted octanol–water partition coefficient (Wildman–Crippen LogP) is 1.91. The molecule has 0 saturated heterocycles. The van der Waals surface area contributed by atoms with Crippen LogP contribution in [0.15, 0.2) is 54.9 Å². The lowest BCUT2D eigenvalue weighted by Crippen LogP contribution is -2.36. The summed E-state index contributed by atoms with van der Waals surface area (Å²) in [6, 6.07) is 14.2. The van der Waals surface area contributed by atoms with E-state index in [0.29, 0.717) is 13.1 Å². The number of pyridine rings is 1. The Hall–Kier alpha value is -2.20. The zero-order valence-electron chi connectivity index (χ0n) is 13.0. The number of aromatic nitrogens is 1. The summed E-state index contributed by atoms with van der Waals surface area (Å²) in [5.41, 5.74) is 2.49. The van der Waals surface area contributed by atoms with Crippen molar-refractivity contribution >= 4 is 5.91 Å². The predicted molar refractivity (Wildman–Crippen MR) is 88.6 cm³/mol. The molecular weight excluding hydrogens is 274 g/mol. The molecule has 116 valence electrons. The van der Waals surface area contributed by atoms with Crippen molar-refractivity contribution in [2.24, 2.45) is 0 Å². The van der Waals surface area contributed by atoms with E-state index in [4.69, 9.17) is 0 Å². The molecule has 0 radical (unpaired) electrons. The van der Waals surface area contributed by atoms with Crippen LogP contribution >= 0.6 is 0 Å². The topological polar surface area (TPSA) is 45.2 Å². The lowest BCUT2D eigenvalue weighted by Gasteiger charge is -2.16. The van der Waals surface area contributed by atoms with Crippen molar-refractivity contribution in [2.75, 3.05) is 26.7 Å². The number of nitrogens with one attached hydrogen (secondary N) is 1. The third-order valence-corrected chi connectivity index (χ3v) is 3.52. The molecule has 2 aromatic rings. The number of benzene rings is 1. The smallest absolute Gasteiger partial charge is 0.234 e. The molecule has 0 aliphatic heterocycles. The van der Waals surface area contributed by atoms with Gasteiger partial charge in [-0.3, -0.25) is 14.7 Å². The van der Waals surface area contributed by atoms with Gasteiger partial charge in [-0.05, 0) is 43.1 Å². The summed E-state index contributed by atoms with van der Waals surface area (Å²) < 4.78 is 0. The molecule has 1 aromatic carbocycles. The number of nitrogens with zero attached hydrogens (tertiary/aromatic N) is 2. The van der Waals surface area contributed by atoms with E-state index in [9.17, 15) is 4.79 Å². The van der Waals surface area contributed by atoms with Crippen molar-refractivity contribution in [1.29, 1.82) is 0 Å². The zero-order chi connectivity index (χ0) is 15.6. The molecule has 1 amide bonds. The molecule has 0 aliphatic rings. The van der Waals surface area contributed by atoms with Gasteiger partial charge in [0.25, 0.3) is 0 Å². The van der Waals surface area contributed by atoms with Crippen LogP contribution in [0.2, 0.25) is 0 Å². The highest BCUT2D eigenvalue weighted by Crippen LogP contribution is 1.99. The first-order valence-corrected chi connectivity index (χ1v) is 7.62. The van der Waals surface area contributed by atoms with Crippen molar-refractivity contribution < 1.29 is 4.79 Å². The summed E-state index contributed by atoms with van der Waals surface area (Å²) in [6.07, 6.45) is 5.39. The van der Waals surface area contributed by atoms with Crippen LogP contribution in [0.3, 0.4) is 0 Å². The van der Waals surface area contributed by atoms with Crippen LogP contribution in [0.5, 0.6) is 0 Å². The molecule has 1 aromatic heterocycles. The fourth-order valence-electron chi connectivity index (χ4n) is 2.24. The average molecular weight is 297 g/mol. The first-order valence-electron chi connectivity index (χ1n) is 7.62. The normalized spacial score (nSPS) is 10.6. The van der Waals surface area contributed by atoms with Crippen LogP contribution in [-0.4, -0.2) is 42.5 Å². The largest absolute Gasteiger partial charge is 0.355 e. The van der Waals surface area contributed by atoms with Crippen molar-refractivity contribution in [3.63, 3.8) is 0 Å². The Labute approximate surface area is 132 Å². The molecular formula is C18H23N3O. The highest BCUT2D eigenvalue weighted by molar-refractivity contribution is 5.77. The quantitative estimate of drug-likeness (QED) is 0.809. The summed E-state index contributed by atoms with van der Waals surface area (Å²) in [4.78, 5) is 17.9. The van der Waals surface area contributed by atoms with E-state index >= 15 is 0 Å². The highest BCUT2D eigenvalue weighted by atomic mass is 16.2. The second-order valence-electron chi connectivity index (χ2n) is 5.43. The van der Waals surface area contributed by atoms with E-state index in [1.54, 1.807) is 12.4 Å². The molecule has 4 heteroatoms. The number of likely N-dealkylation sites (N-methyl/N-ethyl adjacent to an activating group) is 1. The van der Waals surface area contributed by atoms with Crippen LogP contribution in [0, 0.1) is 0 Å². The van der Waals surface area contributed by atoms with Gasteiger partial charge >= 0.3 is 0 Å². The number of amides is 1. The summed E-state index contributed by atoms with van der Waals surface area (Å²) in [5.74, 6) is 0.0770. The van der Waals surface area contributed by atoms with Crippen LogP contribution in [0.25, 0.3) is 0 Å². The first-order chi connectivity index (χ1) is 10.7. The van der Waals surface area contributed by atoms with Crippen LogP contribution in [-0.2, 0) is 17.6 Å². The average Bonchev–Trinajstić information content (AvgIpc) is 2.55. The molecule has 22 heavy (non-hydrogen) atoms. The van der Waals surface area contributed by atoms with Crippen LogP contribution in [0.1, 0.15) is 11.1 Å². The minimum atomic E-state index is 0.0770. The minimum Gasteiger partial charge on any atom is -0.355 e. The van der Waals surface area contributed by atoms with Crippen molar-refractivity contribution in [2.45, 2.75) is 12.8 Å². The lowest BCUT2D eigenvalue weighted by atomic mass is 10.1. The second-order valence-corrected chi connectivity index (χ2v) is 5.43. The maximum atomic E-state index is 11.9. The van der Waals surface area contributed by atoms with E-state index in [1.807, 2.05) is 42.3 Å². The van der Waals surface area contributed by atoms with E-state index in [1.165, 1.54) is 11.1 Å². The maximum absolute atomic E-state index is 11.9. The first kappa shape index (κ1) is 16.2. The fraction of sp³-hybridized carbons (Fsp3) is 0.333. The molecule has 0 spiro atoms. The Bertz CT molecular complexity index is 557. The van der Waals surface area contributed by atoms with Crippen LogP contribution in [0.4, 0.5) is 0 Å². The van der Waals surface area contributed by atoms with Gasteiger partial charge in [-0.15, -0.1) is 0 Å². The second kappa shape index (κ2) is 8.95. The van der Waals surface area contributed by atoms with Gasteiger partial charge in [0.05, 0.1) is 6.54 Å². The Morgan fingerprint density at radius 3 is 2.45 bits per heavy atom. The van der Waals surface area contributed by atoms with Gasteiger partial charge in [0, 0.05) is 25.5 Å². The molecule has 4 nitrogen and oxygen atoms in total. The number of rotatable bonds is 8. The SMILES string of the molecule is CN(CCc1ccncc1)CC(=O)NCCc1ccccc1. The Morgan fingerprint density at radius 1 is 1.05 bits per heavy atom.